The Morgan fingerprint density at radius 1 is 0.392 bits per heavy atom. The van der Waals surface area contributed by atoms with Crippen molar-refractivity contribution in [1.29, 1.82) is 0 Å². The normalized spacial score (nSPS) is 11.3. The Labute approximate surface area is 424 Å². The fraction of sp³-hybridized carbons (Fsp3) is 0.0984. The predicted octanol–water partition coefficient (Wildman–Crippen LogP) is 13.0. The highest BCUT2D eigenvalue weighted by atomic mass is 16.5. The third-order valence-electron chi connectivity index (χ3n) is 12.7. The molecule has 0 spiro atoms. The van der Waals surface area contributed by atoms with Crippen LogP contribution in [0.15, 0.2) is 189 Å². The van der Waals surface area contributed by atoms with Gasteiger partial charge in [-0.1, -0.05) is 44.2 Å². The third-order valence-corrected chi connectivity index (χ3v) is 12.7. The number of fused-ring (bicyclic) bond motifs is 6. The van der Waals surface area contributed by atoms with Crippen LogP contribution in [0, 0.1) is 0 Å². The first-order valence-electron chi connectivity index (χ1n) is 24.2. The van der Waals surface area contributed by atoms with E-state index < -0.39 is 11.9 Å². The maximum Gasteiger partial charge on any atom is 0.311 e. The van der Waals surface area contributed by atoms with Crippen LogP contribution < -0.4 is 18.9 Å². The molecule has 0 unspecified atom stereocenters. The van der Waals surface area contributed by atoms with Crippen molar-refractivity contribution in [2.45, 2.75) is 39.5 Å². The molecule has 0 bridgehead atoms. The second kappa shape index (κ2) is 20.2. The first-order valence-corrected chi connectivity index (χ1v) is 24.2. The fourth-order valence-corrected chi connectivity index (χ4v) is 9.10. The molecule has 0 saturated carbocycles. The van der Waals surface area contributed by atoms with Gasteiger partial charge < -0.3 is 28.1 Å². The molecule has 0 amide bonds. The van der Waals surface area contributed by atoms with Crippen molar-refractivity contribution in [3.63, 3.8) is 0 Å². The lowest BCUT2D eigenvalue weighted by molar-refractivity contribution is -0.140. The molecule has 0 fully saturated rings. The van der Waals surface area contributed by atoms with E-state index in [0.29, 0.717) is 35.8 Å². The number of rotatable bonds is 14. The lowest BCUT2D eigenvalue weighted by atomic mass is 10.0. The SMILES string of the molecule is CCC(=O)Oc1ccc(-c2cccc(-c3ccc(OC(=O)CCC(=O)Oc4ccc5c(c4)c4cnccc4n5-c4ccc(-c5ccc(-n6c7ccncc7c7cc(OC(=O)CC)ccc76)cc5)cc4)cc3)n2)cc1. The molecular formula is C61H45N5O8. The van der Waals surface area contributed by atoms with Crippen LogP contribution in [0.1, 0.15) is 39.5 Å². The summed E-state index contributed by atoms with van der Waals surface area (Å²) in [4.78, 5) is 63.2. The van der Waals surface area contributed by atoms with Gasteiger partial charge in [0.15, 0.2) is 0 Å². The van der Waals surface area contributed by atoms with Crippen LogP contribution in [0.5, 0.6) is 23.0 Å². The van der Waals surface area contributed by atoms with Crippen molar-refractivity contribution in [2.75, 3.05) is 0 Å². The van der Waals surface area contributed by atoms with Crippen molar-refractivity contribution in [1.82, 2.24) is 24.1 Å². The van der Waals surface area contributed by atoms with Gasteiger partial charge in [0, 0.05) is 81.7 Å². The highest BCUT2D eigenvalue weighted by Crippen LogP contribution is 2.37. The molecule has 0 radical (unpaired) electrons. The summed E-state index contributed by atoms with van der Waals surface area (Å²) in [5, 5.41) is 3.65. The first-order chi connectivity index (χ1) is 36.2. The van der Waals surface area contributed by atoms with Gasteiger partial charge in [0.25, 0.3) is 0 Å². The smallest absolute Gasteiger partial charge is 0.311 e. The molecule has 0 aliphatic carbocycles. The van der Waals surface area contributed by atoms with E-state index >= 15 is 0 Å². The number of carbonyl (C=O) groups excluding carboxylic acids is 4. The van der Waals surface area contributed by atoms with Crippen LogP contribution in [-0.2, 0) is 19.2 Å². The average molecular weight is 976 g/mol. The van der Waals surface area contributed by atoms with E-state index in [4.69, 9.17) is 23.9 Å². The van der Waals surface area contributed by atoms with Gasteiger partial charge in [0.05, 0.1) is 46.3 Å². The third kappa shape index (κ3) is 9.44. The van der Waals surface area contributed by atoms with Crippen molar-refractivity contribution in [3.05, 3.63) is 189 Å². The second-order valence-corrected chi connectivity index (χ2v) is 17.5. The number of nitrogens with zero attached hydrogens (tertiary/aromatic N) is 5. The van der Waals surface area contributed by atoms with E-state index in [1.165, 1.54) is 0 Å². The first kappa shape index (κ1) is 46.6. The van der Waals surface area contributed by atoms with Crippen molar-refractivity contribution >= 4 is 67.5 Å². The fourth-order valence-electron chi connectivity index (χ4n) is 9.10. The van der Waals surface area contributed by atoms with Gasteiger partial charge in [0.2, 0.25) is 0 Å². The van der Waals surface area contributed by atoms with Crippen LogP contribution in [0.3, 0.4) is 0 Å². The highest BCUT2D eigenvalue weighted by molar-refractivity contribution is 6.10. The van der Waals surface area contributed by atoms with Crippen LogP contribution >= 0.6 is 0 Å². The molecule has 362 valence electrons. The van der Waals surface area contributed by atoms with Gasteiger partial charge in [-0.05, 0) is 145 Å². The Bertz CT molecular complexity index is 3940. The zero-order valence-electron chi connectivity index (χ0n) is 40.2. The summed E-state index contributed by atoms with van der Waals surface area (Å²) in [6.07, 6.45) is 7.40. The van der Waals surface area contributed by atoms with Gasteiger partial charge in [-0.15, -0.1) is 0 Å². The molecule has 11 rings (SSSR count). The van der Waals surface area contributed by atoms with Gasteiger partial charge in [-0.25, -0.2) is 4.98 Å². The minimum absolute atomic E-state index is 0.174. The number of benzene rings is 6. The zero-order chi connectivity index (χ0) is 50.7. The van der Waals surface area contributed by atoms with E-state index in [1.54, 1.807) is 62.8 Å². The van der Waals surface area contributed by atoms with Gasteiger partial charge >= 0.3 is 23.9 Å². The van der Waals surface area contributed by atoms with Crippen LogP contribution in [0.25, 0.3) is 88.6 Å². The van der Waals surface area contributed by atoms with Gasteiger partial charge in [-0.2, -0.15) is 0 Å². The summed E-state index contributed by atoms with van der Waals surface area (Å²) in [5.74, 6) is -0.0586. The summed E-state index contributed by atoms with van der Waals surface area (Å²) in [6, 6.07) is 51.8. The largest absolute Gasteiger partial charge is 0.427 e. The standard InChI is InChI=1S/C61H45N5O8/c1-3-58(67)71-44-20-12-40(13-21-44)52-6-5-7-53(64-52)41-14-22-45(23-15-41)72-60(69)28-29-61(70)74-47-25-27-55-49(35-47)51-37-63-33-31-57(51)66(55)43-18-10-39(11-19-43)38-8-16-42(17-9-38)65-54-26-24-46(73-59(68)4-2)34-48(54)50-36-62-32-30-56(50)65/h5-27,30-37H,3-4,28-29H2,1-2H3. The molecule has 0 aliphatic rings. The Kier molecular flexibility index (Phi) is 12.7. The summed E-state index contributed by atoms with van der Waals surface area (Å²) < 4.78 is 26.5. The molecule has 0 aliphatic heterocycles. The molecule has 11 aromatic rings. The summed E-state index contributed by atoms with van der Waals surface area (Å²) in [6.45, 7) is 3.52. The Balaban J connectivity index is 0.737. The van der Waals surface area contributed by atoms with Crippen LogP contribution in [0.4, 0.5) is 0 Å². The number of ether oxygens (including phenoxy) is 4. The van der Waals surface area contributed by atoms with E-state index in [1.807, 2.05) is 91.1 Å². The number of aromatic nitrogens is 5. The van der Waals surface area contributed by atoms with Crippen molar-refractivity contribution in [3.8, 4) is 68.0 Å². The van der Waals surface area contributed by atoms with Crippen molar-refractivity contribution in [2.24, 2.45) is 0 Å². The molecule has 6 aromatic carbocycles. The molecule has 74 heavy (non-hydrogen) atoms. The number of carbonyl (C=O) groups is 4. The molecule has 0 N–H and O–H groups in total. The number of pyridine rings is 3. The Hall–Kier alpha value is -9.75. The lowest BCUT2D eigenvalue weighted by Crippen LogP contribution is -2.14. The van der Waals surface area contributed by atoms with Crippen molar-refractivity contribution < 1.29 is 38.1 Å². The maximum atomic E-state index is 13.1. The molecular weight excluding hydrogens is 931 g/mol. The Morgan fingerprint density at radius 3 is 1.19 bits per heavy atom. The quantitative estimate of drug-likeness (QED) is 0.0755. The molecule has 13 nitrogen and oxygen atoms in total. The number of hydrogen-bond acceptors (Lipinski definition) is 11. The monoisotopic (exact) mass is 975 g/mol. The molecule has 5 aromatic heterocycles. The molecule has 13 heteroatoms. The number of esters is 4. The van der Waals surface area contributed by atoms with E-state index in [2.05, 4.69) is 67.6 Å². The van der Waals surface area contributed by atoms with Gasteiger partial charge in [0.1, 0.15) is 23.0 Å². The molecule has 0 atom stereocenters. The summed E-state index contributed by atoms with van der Waals surface area (Å²) in [5.41, 5.74) is 11.0. The van der Waals surface area contributed by atoms with E-state index in [-0.39, 0.29) is 24.8 Å². The predicted molar refractivity (Wildman–Crippen MR) is 284 cm³/mol. The second-order valence-electron chi connectivity index (χ2n) is 17.5. The molecule has 5 heterocycles. The van der Waals surface area contributed by atoms with Crippen LogP contribution in [-0.4, -0.2) is 48.0 Å². The minimum atomic E-state index is -0.568. The van der Waals surface area contributed by atoms with E-state index in [9.17, 15) is 19.2 Å². The van der Waals surface area contributed by atoms with Crippen LogP contribution in [0.2, 0.25) is 0 Å². The molecule has 0 saturated heterocycles. The lowest BCUT2D eigenvalue weighted by Gasteiger charge is -2.11. The topological polar surface area (TPSA) is 154 Å². The highest BCUT2D eigenvalue weighted by Gasteiger charge is 2.18. The zero-order valence-corrected chi connectivity index (χ0v) is 40.2. The summed E-state index contributed by atoms with van der Waals surface area (Å²) >= 11 is 0. The Morgan fingerprint density at radius 2 is 0.757 bits per heavy atom. The minimum Gasteiger partial charge on any atom is -0.427 e. The average Bonchev–Trinajstić information content (AvgIpc) is 3.95. The summed E-state index contributed by atoms with van der Waals surface area (Å²) in [7, 11) is 0. The van der Waals surface area contributed by atoms with E-state index in [0.717, 1.165) is 88.6 Å². The van der Waals surface area contributed by atoms with Gasteiger partial charge in [-0.3, -0.25) is 29.1 Å². The number of hydrogen-bond donors (Lipinski definition) is 0. The maximum absolute atomic E-state index is 13.1.